The molecule has 2 aromatic heterocycles. The lowest BCUT2D eigenvalue weighted by Crippen LogP contribution is -2.27. The van der Waals surface area contributed by atoms with Gasteiger partial charge in [-0.3, -0.25) is 4.98 Å². The first-order chi connectivity index (χ1) is 14.3. The summed E-state index contributed by atoms with van der Waals surface area (Å²) < 4.78 is 6.10. The van der Waals surface area contributed by atoms with Crippen LogP contribution in [-0.4, -0.2) is 22.5 Å². The number of H-pyrrole nitrogens is 1. The molecule has 0 saturated carbocycles. The minimum atomic E-state index is 0.434. The van der Waals surface area contributed by atoms with Gasteiger partial charge in [0.05, 0.1) is 5.56 Å². The average molecular weight is 401 g/mol. The SMILES string of the molecule is Clc1ccc(N2CN=C(Oc3ccccc3)c3cc(-c4cccnc4)[nH]c32)cc1. The van der Waals surface area contributed by atoms with Crippen LogP contribution in [0.2, 0.25) is 5.02 Å². The molecule has 1 aliphatic rings. The Hall–Kier alpha value is -3.57. The van der Waals surface area contributed by atoms with Crippen LogP contribution in [0, 0.1) is 0 Å². The number of ether oxygens (including phenoxy) is 1. The van der Waals surface area contributed by atoms with Crippen molar-refractivity contribution in [2.24, 2.45) is 4.99 Å². The summed E-state index contributed by atoms with van der Waals surface area (Å²) in [7, 11) is 0. The van der Waals surface area contributed by atoms with E-state index < -0.39 is 0 Å². The number of halogens is 1. The van der Waals surface area contributed by atoms with Crippen LogP contribution in [0.15, 0.2) is 90.2 Å². The van der Waals surface area contributed by atoms with Gasteiger partial charge in [-0.25, -0.2) is 4.99 Å². The zero-order chi connectivity index (χ0) is 19.6. The molecular weight excluding hydrogens is 384 g/mol. The smallest absolute Gasteiger partial charge is 0.227 e. The summed E-state index contributed by atoms with van der Waals surface area (Å²) in [6.45, 7) is 0.434. The van der Waals surface area contributed by atoms with E-state index in [9.17, 15) is 0 Å². The fourth-order valence-corrected chi connectivity index (χ4v) is 3.43. The van der Waals surface area contributed by atoms with E-state index in [1.807, 2.05) is 72.9 Å². The van der Waals surface area contributed by atoms with Crippen molar-refractivity contribution in [3.63, 3.8) is 0 Å². The minimum absolute atomic E-state index is 0.434. The molecule has 0 atom stereocenters. The Kier molecular flexibility index (Phi) is 4.50. The standard InChI is InChI=1S/C23H17ClN4O/c24-17-8-10-18(11-9-17)28-15-26-23(29-19-6-2-1-3-7-19)20-13-21(27-22(20)28)16-5-4-12-25-14-16/h1-14,27H,15H2. The van der Waals surface area contributed by atoms with Crippen LogP contribution < -0.4 is 9.64 Å². The molecule has 5 rings (SSSR count). The fraction of sp³-hybridized carbons (Fsp3) is 0.0435. The predicted molar refractivity (Wildman–Crippen MR) is 116 cm³/mol. The highest BCUT2D eigenvalue weighted by Gasteiger charge is 2.26. The van der Waals surface area contributed by atoms with Crippen molar-refractivity contribution in [3.05, 3.63) is 95.8 Å². The Labute approximate surface area is 173 Å². The number of pyridine rings is 1. The lowest BCUT2D eigenvalue weighted by atomic mass is 10.2. The quantitative estimate of drug-likeness (QED) is 0.482. The Morgan fingerprint density at radius 3 is 2.55 bits per heavy atom. The second kappa shape index (κ2) is 7.45. The van der Waals surface area contributed by atoms with Gasteiger partial charge in [0, 0.05) is 34.4 Å². The van der Waals surface area contributed by atoms with Crippen LogP contribution >= 0.6 is 11.6 Å². The third-order valence-electron chi connectivity index (χ3n) is 4.72. The lowest BCUT2D eigenvalue weighted by molar-refractivity contribution is 0.546. The number of hydrogen-bond donors (Lipinski definition) is 1. The van der Waals surface area contributed by atoms with E-state index in [2.05, 4.69) is 20.9 Å². The molecule has 142 valence electrons. The summed E-state index contributed by atoms with van der Waals surface area (Å²) >= 11 is 6.07. The van der Waals surface area contributed by atoms with Crippen molar-refractivity contribution >= 4 is 29.0 Å². The molecule has 4 aromatic rings. The second-order valence-electron chi connectivity index (χ2n) is 6.61. The molecule has 2 aromatic carbocycles. The van der Waals surface area contributed by atoms with Gasteiger partial charge in [-0.05, 0) is 54.6 Å². The number of fused-ring (bicyclic) bond motifs is 1. The molecule has 0 radical (unpaired) electrons. The Bertz CT molecular complexity index is 1150. The Morgan fingerprint density at radius 1 is 0.966 bits per heavy atom. The molecule has 0 bridgehead atoms. The number of nitrogens with one attached hydrogen (secondary N) is 1. The third-order valence-corrected chi connectivity index (χ3v) is 4.97. The molecule has 29 heavy (non-hydrogen) atoms. The maximum Gasteiger partial charge on any atom is 0.227 e. The van der Waals surface area contributed by atoms with Crippen molar-refractivity contribution in [1.29, 1.82) is 0 Å². The van der Waals surface area contributed by atoms with Gasteiger partial charge in [-0.15, -0.1) is 0 Å². The highest BCUT2D eigenvalue weighted by Crippen LogP contribution is 2.35. The highest BCUT2D eigenvalue weighted by atomic mass is 35.5. The molecule has 1 N–H and O–H groups in total. The van der Waals surface area contributed by atoms with Crippen LogP contribution in [0.4, 0.5) is 11.5 Å². The maximum atomic E-state index is 6.10. The molecule has 1 aliphatic heterocycles. The molecule has 6 heteroatoms. The van der Waals surface area contributed by atoms with Gasteiger partial charge in [0.25, 0.3) is 0 Å². The first kappa shape index (κ1) is 17.5. The largest absolute Gasteiger partial charge is 0.439 e. The first-order valence-corrected chi connectivity index (χ1v) is 9.60. The summed E-state index contributed by atoms with van der Waals surface area (Å²) in [5, 5.41) is 0.699. The average Bonchev–Trinajstić information content (AvgIpc) is 3.22. The predicted octanol–water partition coefficient (Wildman–Crippen LogP) is 5.66. The van der Waals surface area contributed by atoms with Crippen molar-refractivity contribution in [3.8, 4) is 17.0 Å². The van der Waals surface area contributed by atoms with E-state index in [1.54, 1.807) is 6.20 Å². The zero-order valence-corrected chi connectivity index (χ0v) is 16.2. The van der Waals surface area contributed by atoms with Crippen LogP contribution in [-0.2, 0) is 0 Å². The number of aromatic nitrogens is 2. The van der Waals surface area contributed by atoms with E-state index in [0.29, 0.717) is 17.6 Å². The van der Waals surface area contributed by atoms with Gasteiger partial charge in [-0.2, -0.15) is 0 Å². The number of aliphatic imine (C=N–C) groups is 1. The van der Waals surface area contributed by atoms with Crippen LogP contribution in [0.3, 0.4) is 0 Å². The fourth-order valence-electron chi connectivity index (χ4n) is 3.31. The summed E-state index contributed by atoms with van der Waals surface area (Å²) in [5.41, 5.74) is 3.84. The van der Waals surface area contributed by atoms with Crippen molar-refractivity contribution in [2.75, 3.05) is 11.6 Å². The molecule has 0 saturated heterocycles. The van der Waals surface area contributed by atoms with Crippen molar-refractivity contribution in [1.82, 2.24) is 9.97 Å². The monoisotopic (exact) mass is 400 g/mol. The molecule has 0 fully saturated rings. The third kappa shape index (κ3) is 3.48. The number of para-hydroxylation sites is 1. The minimum Gasteiger partial charge on any atom is -0.439 e. The van der Waals surface area contributed by atoms with E-state index >= 15 is 0 Å². The van der Waals surface area contributed by atoms with E-state index in [0.717, 1.165) is 34.1 Å². The number of benzene rings is 2. The number of anilines is 2. The molecule has 3 heterocycles. The van der Waals surface area contributed by atoms with Crippen molar-refractivity contribution in [2.45, 2.75) is 0 Å². The molecule has 0 amide bonds. The number of nitrogens with zero attached hydrogens (tertiary/aromatic N) is 3. The second-order valence-corrected chi connectivity index (χ2v) is 7.05. The molecule has 0 spiro atoms. The Morgan fingerprint density at radius 2 is 1.79 bits per heavy atom. The first-order valence-electron chi connectivity index (χ1n) is 9.22. The van der Waals surface area contributed by atoms with Gasteiger partial charge in [0.1, 0.15) is 18.2 Å². The van der Waals surface area contributed by atoms with Gasteiger partial charge in [0.15, 0.2) is 0 Å². The zero-order valence-electron chi connectivity index (χ0n) is 15.4. The van der Waals surface area contributed by atoms with E-state index in [-0.39, 0.29) is 0 Å². The van der Waals surface area contributed by atoms with E-state index in [4.69, 9.17) is 21.3 Å². The van der Waals surface area contributed by atoms with Crippen LogP contribution in [0.1, 0.15) is 5.56 Å². The number of aromatic amines is 1. The molecule has 5 nitrogen and oxygen atoms in total. The normalized spacial score (nSPS) is 13.0. The summed E-state index contributed by atoms with van der Waals surface area (Å²) in [5.74, 6) is 2.26. The van der Waals surface area contributed by atoms with E-state index in [1.165, 1.54) is 0 Å². The summed E-state index contributed by atoms with van der Waals surface area (Å²) in [6, 6.07) is 23.4. The van der Waals surface area contributed by atoms with Gasteiger partial charge in [-0.1, -0.05) is 29.8 Å². The van der Waals surface area contributed by atoms with Crippen molar-refractivity contribution < 1.29 is 4.74 Å². The lowest BCUT2D eigenvalue weighted by Gasteiger charge is -2.27. The molecule has 0 unspecified atom stereocenters. The Balaban J connectivity index is 1.58. The number of hydrogen-bond acceptors (Lipinski definition) is 4. The highest BCUT2D eigenvalue weighted by molar-refractivity contribution is 6.30. The van der Waals surface area contributed by atoms with Crippen LogP contribution in [0.25, 0.3) is 11.3 Å². The number of rotatable bonds is 3. The summed E-state index contributed by atoms with van der Waals surface area (Å²) in [4.78, 5) is 14.6. The molecular formula is C23H17ClN4O. The molecule has 0 aliphatic carbocycles. The topological polar surface area (TPSA) is 53.5 Å². The van der Waals surface area contributed by atoms with Gasteiger partial charge in [0.2, 0.25) is 5.90 Å². The van der Waals surface area contributed by atoms with Gasteiger partial charge >= 0.3 is 0 Å². The maximum absolute atomic E-state index is 6.10. The van der Waals surface area contributed by atoms with Gasteiger partial charge < -0.3 is 14.6 Å². The van der Waals surface area contributed by atoms with Crippen LogP contribution in [0.5, 0.6) is 5.75 Å². The summed E-state index contributed by atoms with van der Waals surface area (Å²) in [6.07, 6.45) is 3.59.